The fourth-order valence-corrected chi connectivity index (χ4v) is 2.52. The fourth-order valence-electron chi connectivity index (χ4n) is 2.52. The SMILES string of the molecule is O=C(OC1CCOCC1)N1CCC(Oc2ccncn2)C1. The van der Waals surface area contributed by atoms with Gasteiger partial charge in [-0.05, 0) is 0 Å². The van der Waals surface area contributed by atoms with Crippen LogP contribution in [0, 0.1) is 0 Å². The number of rotatable bonds is 3. The van der Waals surface area contributed by atoms with Crippen molar-refractivity contribution in [3.63, 3.8) is 0 Å². The molecule has 7 heteroatoms. The first-order valence-electron chi connectivity index (χ1n) is 7.27. The molecule has 1 amide bonds. The third-order valence-electron chi connectivity index (χ3n) is 3.68. The summed E-state index contributed by atoms with van der Waals surface area (Å²) < 4.78 is 16.5. The van der Waals surface area contributed by atoms with E-state index in [1.165, 1.54) is 6.33 Å². The van der Waals surface area contributed by atoms with Crippen molar-refractivity contribution >= 4 is 6.09 Å². The normalized spacial score (nSPS) is 23.0. The molecule has 114 valence electrons. The van der Waals surface area contributed by atoms with Crippen LogP contribution < -0.4 is 4.74 Å². The van der Waals surface area contributed by atoms with Crippen molar-refractivity contribution in [3.05, 3.63) is 18.6 Å². The maximum absolute atomic E-state index is 12.1. The van der Waals surface area contributed by atoms with Gasteiger partial charge in [0.25, 0.3) is 0 Å². The number of amides is 1. The van der Waals surface area contributed by atoms with Crippen LogP contribution >= 0.6 is 0 Å². The van der Waals surface area contributed by atoms with Gasteiger partial charge in [0.05, 0.1) is 19.8 Å². The van der Waals surface area contributed by atoms with E-state index in [-0.39, 0.29) is 18.3 Å². The van der Waals surface area contributed by atoms with Crippen LogP contribution in [0.3, 0.4) is 0 Å². The van der Waals surface area contributed by atoms with Gasteiger partial charge >= 0.3 is 6.09 Å². The maximum atomic E-state index is 12.1. The minimum Gasteiger partial charge on any atom is -0.472 e. The summed E-state index contributed by atoms with van der Waals surface area (Å²) in [5.74, 6) is 0.537. The van der Waals surface area contributed by atoms with Crippen molar-refractivity contribution in [2.45, 2.75) is 31.5 Å². The highest BCUT2D eigenvalue weighted by atomic mass is 16.6. The Morgan fingerprint density at radius 1 is 1.29 bits per heavy atom. The van der Waals surface area contributed by atoms with E-state index >= 15 is 0 Å². The van der Waals surface area contributed by atoms with Gasteiger partial charge in [-0.3, -0.25) is 0 Å². The van der Waals surface area contributed by atoms with E-state index in [4.69, 9.17) is 14.2 Å². The van der Waals surface area contributed by atoms with E-state index in [9.17, 15) is 4.79 Å². The highest BCUT2D eigenvalue weighted by Crippen LogP contribution is 2.18. The Morgan fingerprint density at radius 2 is 2.14 bits per heavy atom. The lowest BCUT2D eigenvalue weighted by Gasteiger charge is -2.25. The molecule has 0 bridgehead atoms. The average Bonchev–Trinajstić information content (AvgIpc) is 2.98. The van der Waals surface area contributed by atoms with Crippen LogP contribution in [-0.2, 0) is 9.47 Å². The minimum atomic E-state index is -0.254. The number of aromatic nitrogens is 2. The van der Waals surface area contributed by atoms with Gasteiger partial charge < -0.3 is 19.1 Å². The summed E-state index contributed by atoms with van der Waals surface area (Å²) in [7, 11) is 0. The smallest absolute Gasteiger partial charge is 0.410 e. The molecular weight excluding hydrogens is 274 g/mol. The molecule has 7 nitrogen and oxygen atoms in total. The van der Waals surface area contributed by atoms with Crippen molar-refractivity contribution in [3.8, 4) is 5.88 Å². The zero-order valence-electron chi connectivity index (χ0n) is 11.8. The second-order valence-corrected chi connectivity index (χ2v) is 5.22. The van der Waals surface area contributed by atoms with E-state index in [1.807, 2.05) is 0 Å². The third-order valence-corrected chi connectivity index (χ3v) is 3.68. The lowest BCUT2D eigenvalue weighted by molar-refractivity contribution is -0.00898. The lowest BCUT2D eigenvalue weighted by Crippen LogP contribution is -2.36. The van der Waals surface area contributed by atoms with Gasteiger partial charge in [-0.2, -0.15) is 0 Å². The van der Waals surface area contributed by atoms with Crippen LogP contribution in [-0.4, -0.2) is 59.5 Å². The maximum Gasteiger partial charge on any atom is 0.410 e. The summed E-state index contributed by atoms with van der Waals surface area (Å²) in [5.41, 5.74) is 0. The molecule has 2 fully saturated rings. The Hall–Kier alpha value is -1.89. The van der Waals surface area contributed by atoms with Crippen LogP contribution in [0.15, 0.2) is 18.6 Å². The molecular formula is C14H19N3O4. The quantitative estimate of drug-likeness (QED) is 0.835. The summed E-state index contributed by atoms with van der Waals surface area (Å²) in [6.07, 6.45) is 5.11. The Balaban J connectivity index is 1.46. The number of likely N-dealkylation sites (tertiary alicyclic amines) is 1. The Labute approximate surface area is 123 Å². The topological polar surface area (TPSA) is 73.8 Å². The molecule has 1 unspecified atom stereocenters. The molecule has 0 aromatic carbocycles. The molecule has 3 rings (SSSR count). The fraction of sp³-hybridized carbons (Fsp3) is 0.643. The Morgan fingerprint density at radius 3 is 2.90 bits per heavy atom. The van der Waals surface area contributed by atoms with Gasteiger partial charge in [0.1, 0.15) is 18.5 Å². The molecule has 0 radical (unpaired) electrons. The average molecular weight is 293 g/mol. The second kappa shape index (κ2) is 6.71. The molecule has 2 aliphatic heterocycles. The molecule has 21 heavy (non-hydrogen) atoms. The van der Waals surface area contributed by atoms with Crippen molar-refractivity contribution < 1.29 is 19.0 Å². The molecule has 0 aliphatic carbocycles. The van der Waals surface area contributed by atoms with E-state index < -0.39 is 0 Å². The highest BCUT2D eigenvalue weighted by Gasteiger charge is 2.30. The number of hydrogen-bond acceptors (Lipinski definition) is 6. The number of ether oxygens (including phenoxy) is 3. The van der Waals surface area contributed by atoms with Crippen molar-refractivity contribution in [2.75, 3.05) is 26.3 Å². The van der Waals surface area contributed by atoms with Gasteiger partial charge in [0.15, 0.2) is 0 Å². The minimum absolute atomic E-state index is 0.0203. The first-order valence-corrected chi connectivity index (χ1v) is 7.27. The van der Waals surface area contributed by atoms with Crippen LogP contribution in [0.5, 0.6) is 5.88 Å². The largest absolute Gasteiger partial charge is 0.472 e. The predicted octanol–water partition coefficient (Wildman–Crippen LogP) is 1.25. The monoisotopic (exact) mass is 293 g/mol. The lowest BCUT2D eigenvalue weighted by atomic mass is 10.2. The van der Waals surface area contributed by atoms with Crippen LogP contribution in [0.25, 0.3) is 0 Å². The summed E-state index contributed by atoms with van der Waals surface area (Å²) >= 11 is 0. The zero-order valence-corrected chi connectivity index (χ0v) is 11.8. The van der Waals surface area contributed by atoms with Crippen molar-refractivity contribution in [2.24, 2.45) is 0 Å². The first kappa shape index (κ1) is 14.1. The summed E-state index contributed by atoms with van der Waals surface area (Å²) in [5, 5.41) is 0. The van der Waals surface area contributed by atoms with Gasteiger partial charge in [0.2, 0.25) is 5.88 Å². The van der Waals surface area contributed by atoms with Crippen LogP contribution in [0.1, 0.15) is 19.3 Å². The predicted molar refractivity (Wildman–Crippen MR) is 73.0 cm³/mol. The molecule has 0 N–H and O–H groups in total. The highest BCUT2D eigenvalue weighted by molar-refractivity contribution is 5.68. The van der Waals surface area contributed by atoms with Crippen LogP contribution in [0.2, 0.25) is 0 Å². The van der Waals surface area contributed by atoms with E-state index in [2.05, 4.69) is 9.97 Å². The third kappa shape index (κ3) is 3.81. The molecule has 1 atom stereocenters. The molecule has 2 saturated heterocycles. The van der Waals surface area contributed by atoms with E-state index in [0.717, 1.165) is 19.3 Å². The molecule has 0 spiro atoms. The van der Waals surface area contributed by atoms with Gasteiger partial charge in [-0.15, -0.1) is 0 Å². The van der Waals surface area contributed by atoms with Crippen molar-refractivity contribution in [1.82, 2.24) is 14.9 Å². The summed E-state index contributed by atoms with van der Waals surface area (Å²) in [6.45, 7) is 2.51. The number of carbonyl (C=O) groups excluding carboxylic acids is 1. The first-order chi connectivity index (χ1) is 10.3. The summed E-state index contributed by atoms with van der Waals surface area (Å²) in [4.78, 5) is 21.7. The molecule has 1 aromatic heterocycles. The molecule has 3 heterocycles. The Kier molecular flexibility index (Phi) is 4.49. The number of nitrogens with zero attached hydrogens (tertiary/aromatic N) is 3. The number of hydrogen-bond donors (Lipinski definition) is 0. The Bertz CT molecular complexity index is 465. The standard InChI is InChI=1S/C14H19N3O4/c18-14(21-11-3-7-19-8-4-11)17-6-2-12(9-17)20-13-1-5-15-10-16-13/h1,5,10-12H,2-4,6-9H2. The van der Waals surface area contributed by atoms with Gasteiger partial charge in [-0.25, -0.2) is 14.8 Å². The van der Waals surface area contributed by atoms with E-state index in [0.29, 0.717) is 32.2 Å². The summed E-state index contributed by atoms with van der Waals surface area (Å²) in [6, 6.07) is 1.71. The second-order valence-electron chi connectivity index (χ2n) is 5.22. The van der Waals surface area contributed by atoms with Crippen molar-refractivity contribution in [1.29, 1.82) is 0 Å². The van der Waals surface area contributed by atoms with Crippen LogP contribution in [0.4, 0.5) is 4.79 Å². The molecule has 0 saturated carbocycles. The van der Waals surface area contributed by atoms with Gasteiger partial charge in [-0.1, -0.05) is 0 Å². The van der Waals surface area contributed by atoms with E-state index in [1.54, 1.807) is 17.2 Å². The van der Waals surface area contributed by atoms with Gasteiger partial charge in [0, 0.05) is 38.1 Å². The zero-order chi connectivity index (χ0) is 14.5. The molecule has 1 aromatic rings. The molecule has 2 aliphatic rings. The number of carbonyl (C=O) groups is 1.